The summed E-state index contributed by atoms with van der Waals surface area (Å²) in [7, 11) is 0. The van der Waals surface area contributed by atoms with E-state index >= 15 is 0 Å². The van der Waals surface area contributed by atoms with E-state index in [1.165, 1.54) is 0 Å². The van der Waals surface area contributed by atoms with Crippen LogP contribution in [0.15, 0.2) is 12.4 Å². The molecule has 1 aromatic heterocycles. The first-order valence-corrected chi connectivity index (χ1v) is 4.61. The molecule has 0 aliphatic heterocycles. The van der Waals surface area contributed by atoms with E-state index in [4.69, 9.17) is 5.26 Å². The number of aromatic nitrogens is 2. The first-order valence-electron chi connectivity index (χ1n) is 4.61. The second-order valence-corrected chi connectivity index (χ2v) is 4.00. The van der Waals surface area contributed by atoms with Gasteiger partial charge in [0.1, 0.15) is 6.07 Å². The lowest BCUT2D eigenvalue weighted by Gasteiger charge is -2.28. The number of hydrogen-bond acceptors (Lipinski definition) is 3. The molecule has 0 aliphatic carbocycles. The van der Waals surface area contributed by atoms with Crippen molar-refractivity contribution >= 4 is 0 Å². The molecule has 0 saturated heterocycles. The predicted octanol–water partition coefficient (Wildman–Crippen LogP) is 1.16. The van der Waals surface area contributed by atoms with E-state index in [1.807, 2.05) is 19.9 Å². The molecule has 4 heteroatoms. The van der Waals surface area contributed by atoms with Crippen molar-refractivity contribution in [3.05, 3.63) is 18.2 Å². The molecule has 0 spiro atoms. The summed E-state index contributed by atoms with van der Waals surface area (Å²) in [5.74, 6) is 0.474. The van der Waals surface area contributed by atoms with Gasteiger partial charge in [0.2, 0.25) is 5.82 Å². The molecule has 76 valence electrons. The van der Waals surface area contributed by atoms with Crippen LogP contribution in [0.1, 0.15) is 26.6 Å². The van der Waals surface area contributed by atoms with E-state index in [9.17, 15) is 5.11 Å². The highest BCUT2D eigenvalue weighted by Crippen LogP contribution is 2.18. The Kier molecular flexibility index (Phi) is 2.92. The molecule has 0 amide bonds. The molecule has 0 bridgehead atoms. The van der Waals surface area contributed by atoms with Crippen LogP contribution < -0.4 is 0 Å². The molecule has 1 atom stereocenters. The van der Waals surface area contributed by atoms with Crippen molar-refractivity contribution in [1.82, 2.24) is 9.55 Å². The molecule has 14 heavy (non-hydrogen) atoms. The molecule has 4 nitrogen and oxygen atoms in total. The first-order chi connectivity index (χ1) is 6.47. The average molecular weight is 193 g/mol. The lowest BCUT2D eigenvalue weighted by atomic mass is 9.92. The normalized spacial score (nSPS) is 15.1. The first kappa shape index (κ1) is 10.7. The van der Waals surface area contributed by atoms with Gasteiger partial charge in [0.25, 0.3) is 0 Å². The van der Waals surface area contributed by atoms with Crippen LogP contribution in [0.2, 0.25) is 0 Å². The third kappa shape index (κ3) is 2.12. The maximum Gasteiger partial charge on any atom is 0.212 e. The zero-order valence-corrected chi connectivity index (χ0v) is 8.73. The Bertz CT molecular complexity index is 346. The van der Waals surface area contributed by atoms with Crippen molar-refractivity contribution in [2.45, 2.75) is 32.9 Å². The Balaban J connectivity index is 2.84. The van der Waals surface area contributed by atoms with Gasteiger partial charge in [-0.2, -0.15) is 5.26 Å². The minimum absolute atomic E-state index is 0.136. The Hall–Kier alpha value is -1.34. The summed E-state index contributed by atoms with van der Waals surface area (Å²) in [5, 5.41) is 18.8. The van der Waals surface area contributed by atoms with Crippen molar-refractivity contribution in [1.29, 1.82) is 5.26 Å². The van der Waals surface area contributed by atoms with E-state index in [0.717, 1.165) is 0 Å². The van der Waals surface area contributed by atoms with E-state index < -0.39 is 5.60 Å². The van der Waals surface area contributed by atoms with Crippen molar-refractivity contribution in [2.24, 2.45) is 5.92 Å². The molecule has 0 fully saturated rings. The van der Waals surface area contributed by atoms with Crippen LogP contribution in [-0.2, 0) is 6.54 Å². The van der Waals surface area contributed by atoms with Crippen LogP contribution in [-0.4, -0.2) is 20.3 Å². The van der Waals surface area contributed by atoms with Crippen LogP contribution in [0.5, 0.6) is 0 Å². The van der Waals surface area contributed by atoms with Gasteiger partial charge in [-0.05, 0) is 12.8 Å². The maximum absolute atomic E-state index is 10.0. The van der Waals surface area contributed by atoms with E-state index in [2.05, 4.69) is 4.98 Å². The van der Waals surface area contributed by atoms with Crippen LogP contribution in [0, 0.1) is 17.2 Å². The molecule has 0 saturated carbocycles. The van der Waals surface area contributed by atoms with Gasteiger partial charge in [0.15, 0.2) is 0 Å². The summed E-state index contributed by atoms with van der Waals surface area (Å²) < 4.78 is 1.67. The number of aliphatic hydroxyl groups is 1. The molecule has 1 heterocycles. The molecule has 1 N–H and O–H groups in total. The number of hydrogen-bond donors (Lipinski definition) is 1. The fraction of sp³-hybridized carbons (Fsp3) is 0.600. The van der Waals surface area contributed by atoms with Crippen molar-refractivity contribution < 1.29 is 5.11 Å². The fourth-order valence-corrected chi connectivity index (χ4v) is 1.08. The third-order valence-corrected chi connectivity index (χ3v) is 2.55. The van der Waals surface area contributed by atoms with Gasteiger partial charge in [-0.25, -0.2) is 4.98 Å². The molecule has 1 rings (SSSR count). The Labute approximate surface area is 83.8 Å². The molecule has 0 aromatic carbocycles. The second-order valence-electron chi connectivity index (χ2n) is 4.00. The minimum Gasteiger partial charge on any atom is -0.388 e. The zero-order valence-electron chi connectivity index (χ0n) is 8.73. The van der Waals surface area contributed by atoms with Crippen LogP contribution in [0.25, 0.3) is 0 Å². The topological polar surface area (TPSA) is 61.8 Å². The average Bonchev–Trinajstić information content (AvgIpc) is 2.50. The highest BCUT2D eigenvalue weighted by Gasteiger charge is 2.26. The summed E-state index contributed by atoms with van der Waals surface area (Å²) in [6, 6.07) is 1.98. The zero-order chi connectivity index (χ0) is 10.8. The summed E-state index contributed by atoms with van der Waals surface area (Å²) in [5.41, 5.74) is -0.813. The Morgan fingerprint density at radius 3 is 2.86 bits per heavy atom. The van der Waals surface area contributed by atoms with Crippen LogP contribution in [0.3, 0.4) is 0 Å². The third-order valence-electron chi connectivity index (χ3n) is 2.55. The number of nitriles is 1. The summed E-state index contributed by atoms with van der Waals surface area (Å²) in [4.78, 5) is 3.87. The summed E-state index contributed by atoms with van der Waals surface area (Å²) >= 11 is 0. The van der Waals surface area contributed by atoms with Gasteiger partial charge in [0.05, 0.1) is 12.1 Å². The maximum atomic E-state index is 10.0. The standard InChI is InChI=1S/C10H15N3O/c1-8(2)10(3,14)7-13-5-4-12-9(13)6-11/h4-5,8,14H,7H2,1-3H3. The Morgan fingerprint density at radius 2 is 2.36 bits per heavy atom. The minimum atomic E-state index is -0.813. The van der Waals surface area contributed by atoms with Gasteiger partial charge >= 0.3 is 0 Å². The Morgan fingerprint density at radius 1 is 1.71 bits per heavy atom. The number of rotatable bonds is 3. The summed E-state index contributed by atoms with van der Waals surface area (Å²) in [6.45, 7) is 6.05. The van der Waals surface area contributed by atoms with Crippen molar-refractivity contribution in [2.75, 3.05) is 0 Å². The van der Waals surface area contributed by atoms with Crippen molar-refractivity contribution in [3.63, 3.8) is 0 Å². The monoisotopic (exact) mass is 193 g/mol. The second kappa shape index (κ2) is 3.81. The van der Waals surface area contributed by atoms with Gasteiger partial charge in [-0.15, -0.1) is 0 Å². The predicted molar refractivity (Wildman–Crippen MR) is 52.4 cm³/mol. The highest BCUT2D eigenvalue weighted by molar-refractivity contribution is 5.11. The quantitative estimate of drug-likeness (QED) is 0.783. The fourth-order valence-electron chi connectivity index (χ4n) is 1.08. The largest absolute Gasteiger partial charge is 0.388 e. The van der Waals surface area contributed by atoms with Gasteiger partial charge in [-0.1, -0.05) is 13.8 Å². The summed E-state index contributed by atoms with van der Waals surface area (Å²) in [6.07, 6.45) is 3.27. The lowest BCUT2D eigenvalue weighted by molar-refractivity contribution is -0.00293. The van der Waals surface area contributed by atoms with Crippen LogP contribution in [0.4, 0.5) is 0 Å². The molecule has 0 aliphatic rings. The smallest absolute Gasteiger partial charge is 0.212 e. The lowest BCUT2D eigenvalue weighted by Crippen LogP contribution is -2.36. The van der Waals surface area contributed by atoms with E-state index in [-0.39, 0.29) is 5.92 Å². The van der Waals surface area contributed by atoms with Gasteiger partial charge < -0.3 is 9.67 Å². The number of nitrogens with zero attached hydrogens (tertiary/aromatic N) is 3. The van der Waals surface area contributed by atoms with Crippen molar-refractivity contribution in [3.8, 4) is 6.07 Å². The molecular formula is C10H15N3O. The SMILES string of the molecule is CC(C)C(C)(O)Cn1ccnc1C#N. The highest BCUT2D eigenvalue weighted by atomic mass is 16.3. The van der Waals surface area contributed by atoms with E-state index in [0.29, 0.717) is 12.4 Å². The van der Waals surface area contributed by atoms with Gasteiger partial charge in [-0.3, -0.25) is 0 Å². The van der Waals surface area contributed by atoms with Gasteiger partial charge in [0, 0.05) is 12.4 Å². The molecule has 1 unspecified atom stereocenters. The molecular weight excluding hydrogens is 178 g/mol. The number of imidazole rings is 1. The van der Waals surface area contributed by atoms with Crippen LogP contribution >= 0.6 is 0 Å². The molecule has 0 radical (unpaired) electrons. The molecule has 1 aromatic rings. The van der Waals surface area contributed by atoms with E-state index in [1.54, 1.807) is 23.9 Å².